The Morgan fingerprint density at radius 3 is 2.86 bits per heavy atom. The second-order valence-corrected chi connectivity index (χ2v) is 6.59. The lowest BCUT2D eigenvalue weighted by atomic mass is 10.1. The van der Waals surface area contributed by atoms with E-state index in [1.165, 1.54) is 11.8 Å². The van der Waals surface area contributed by atoms with Gasteiger partial charge in [-0.05, 0) is 48.9 Å². The van der Waals surface area contributed by atoms with Crippen molar-refractivity contribution in [1.82, 2.24) is 20.5 Å². The summed E-state index contributed by atoms with van der Waals surface area (Å²) < 4.78 is 10.3. The van der Waals surface area contributed by atoms with E-state index < -0.39 is 0 Å². The van der Waals surface area contributed by atoms with Crippen molar-refractivity contribution in [2.45, 2.75) is 18.6 Å². The molecule has 3 aromatic rings. The molecule has 1 amide bonds. The second kappa shape index (κ2) is 9.60. The molecule has 2 heterocycles. The van der Waals surface area contributed by atoms with Crippen molar-refractivity contribution >= 4 is 29.3 Å². The molecule has 2 aromatic heterocycles. The fourth-order valence-corrected chi connectivity index (χ4v) is 2.80. The van der Waals surface area contributed by atoms with E-state index in [1.54, 1.807) is 25.5 Å². The van der Waals surface area contributed by atoms with Gasteiger partial charge in [-0.2, -0.15) is 10.1 Å². The second-order valence-electron chi connectivity index (χ2n) is 5.65. The first-order valence-electron chi connectivity index (χ1n) is 8.43. The van der Waals surface area contributed by atoms with Gasteiger partial charge in [0.15, 0.2) is 0 Å². The summed E-state index contributed by atoms with van der Waals surface area (Å²) in [6.45, 7) is 2.23. The van der Waals surface area contributed by atoms with Crippen LogP contribution in [0.2, 0.25) is 0 Å². The molecule has 3 N–H and O–H groups in total. The number of carbonyl (C=O) groups is 1. The molecule has 0 unspecified atom stereocenters. The zero-order valence-corrected chi connectivity index (χ0v) is 16.2. The Morgan fingerprint density at radius 2 is 2.14 bits per heavy atom. The van der Waals surface area contributed by atoms with Gasteiger partial charge in [-0.1, -0.05) is 11.8 Å². The molecular formula is C18H20N6O3S. The predicted octanol–water partition coefficient (Wildman–Crippen LogP) is 2.65. The number of hydrogen-bond acceptors (Lipinski definition) is 8. The minimum absolute atomic E-state index is 0.130. The lowest BCUT2D eigenvalue weighted by Gasteiger charge is -2.03. The molecule has 0 atom stereocenters. The Labute approximate surface area is 166 Å². The maximum Gasteiger partial charge on any atom is 0.240 e. The van der Waals surface area contributed by atoms with Gasteiger partial charge in [0.05, 0.1) is 31.4 Å². The number of aromatic nitrogens is 3. The minimum Gasteiger partial charge on any atom is -0.497 e. The van der Waals surface area contributed by atoms with E-state index in [0.29, 0.717) is 23.4 Å². The molecule has 0 radical (unpaired) electrons. The number of rotatable bonds is 9. The lowest BCUT2D eigenvalue weighted by Crippen LogP contribution is -2.24. The first-order valence-corrected chi connectivity index (χ1v) is 9.41. The molecule has 9 nitrogen and oxygen atoms in total. The summed E-state index contributed by atoms with van der Waals surface area (Å²) in [6, 6.07) is 11.2. The van der Waals surface area contributed by atoms with Crippen molar-refractivity contribution < 1.29 is 13.9 Å². The van der Waals surface area contributed by atoms with Gasteiger partial charge in [-0.15, -0.1) is 5.10 Å². The van der Waals surface area contributed by atoms with E-state index in [-0.39, 0.29) is 11.7 Å². The number of aromatic amines is 1. The van der Waals surface area contributed by atoms with E-state index in [9.17, 15) is 4.79 Å². The highest BCUT2D eigenvalue weighted by molar-refractivity contribution is 7.99. The molecule has 3 rings (SSSR count). The first-order chi connectivity index (χ1) is 13.6. The van der Waals surface area contributed by atoms with Gasteiger partial charge in [-0.25, -0.2) is 10.5 Å². The standard InChI is InChI=1S/C18H20N6O3S/c1-12(13-5-7-14(26-2)8-6-13)21-22-17-20-18(24-23-17)28-11-16(25)19-10-15-4-3-9-27-15/h3-9H,10-11H2,1-2H3,(H,19,25)(H2,20,22,23,24)/b21-12+. The number of ether oxygens (including phenoxy) is 1. The summed E-state index contributed by atoms with van der Waals surface area (Å²) >= 11 is 1.22. The molecule has 0 saturated heterocycles. The van der Waals surface area contributed by atoms with E-state index in [1.807, 2.05) is 31.2 Å². The number of H-pyrrole nitrogens is 1. The van der Waals surface area contributed by atoms with Crippen LogP contribution in [0.1, 0.15) is 18.2 Å². The third kappa shape index (κ3) is 5.61. The number of furan rings is 1. The SMILES string of the molecule is COc1ccc(/C(C)=N/Nc2nc(SCC(=O)NCc3ccco3)n[nH]2)cc1. The molecule has 10 heteroatoms. The number of nitrogens with one attached hydrogen (secondary N) is 3. The number of hydrazone groups is 1. The van der Waals surface area contributed by atoms with Crippen LogP contribution in [0.4, 0.5) is 5.95 Å². The smallest absolute Gasteiger partial charge is 0.240 e. The molecule has 0 aliphatic rings. The molecule has 0 spiro atoms. The normalized spacial score (nSPS) is 11.3. The summed E-state index contributed by atoms with van der Waals surface area (Å²) in [5.41, 5.74) is 4.56. The Bertz CT molecular complexity index is 921. The molecule has 146 valence electrons. The third-order valence-electron chi connectivity index (χ3n) is 3.67. The van der Waals surface area contributed by atoms with Gasteiger partial charge in [0, 0.05) is 0 Å². The lowest BCUT2D eigenvalue weighted by molar-refractivity contribution is -0.118. The maximum atomic E-state index is 11.9. The number of anilines is 1. The summed E-state index contributed by atoms with van der Waals surface area (Å²) in [5.74, 6) is 1.95. The van der Waals surface area contributed by atoms with Crippen LogP contribution >= 0.6 is 11.8 Å². The van der Waals surface area contributed by atoms with Crippen molar-refractivity contribution in [3.63, 3.8) is 0 Å². The van der Waals surface area contributed by atoms with E-state index >= 15 is 0 Å². The van der Waals surface area contributed by atoms with Gasteiger partial charge < -0.3 is 14.5 Å². The maximum absolute atomic E-state index is 11.9. The summed E-state index contributed by atoms with van der Waals surface area (Å²) in [7, 11) is 1.62. The molecule has 0 aliphatic heterocycles. The summed E-state index contributed by atoms with van der Waals surface area (Å²) in [4.78, 5) is 16.1. The van der Waals surface area contributed by atoms with E-state index in [4.69, 9.17) is 9.15 Å². The average Bonchev–Trinajstić information content (AvgIpc) is 3.41. The van der Waals surface area contributed by atoms with Crippen LogP contribution in [-0.4, -0.2) is 39.7 Å². The monoisotopic (exact) mass is 400 g/mol. The Kier molecular flexibility index (Phi) is 6.68. The number of carbonyl (C=O) groups excluding carboxylic acids is 1. The van der Waals surface area contributed by atoms with Crippen LogP contribution in [-0.2, 0) is 11.3 Å². The number of nitrogens with zero attached hydrogens (tertiary/aromatic N) is 3. The quantitative estimate of drug-likeness (QED) is 0.287. The number of amides is 1. The van der Waals surface area contributed by atoms with Gasteiger partial charge in [0.25, 0.3) is 0 Å². The third-order valence-corrected chi connectivity index (χ3v) is 4.52. The molecule has 0 aliphatic carbocycles. The van der Waals surface area contributed by atoms with E-state index in [2.05, 4.69) is 31.0 Å². The fourth-order valence-electron chi connectivity index (χ4n) is 2.17. The van der Waals surface area contributed by atoms with Crippen LogP contribution in [0, 0.1) is 0 Å². The number of benzene rings is 1. The van der Waals surface area contributed by atoms with Crippen LogP contribution in [0.3, 0.4) is 0 Å². The van der Waals surface area contributed by atoms with Crippen molar-refractivity contribution in [2.24, 2.45) is 5.10 Å². The van der Waals surface area contributed by atoms with Crippen LogP contribution < -0.4 is 15.5 Å². The summed E-state index contributed by atoms with van der Waals surface area (Å²) in [5, 5.41) is 14.3. The molecule has 28 heavy (non-hydrogen) atoms. The highest BCUT2D eigenvalue weighted by atomic mass is 32.2. The Morgan fingerprint density at radius 1 is 1.32 bits per heavy atom. The zero-order chi connectivity index (χ0) is 19.8. The van der Waals surface area contributed by atoms with Gasteiger partial charge in [0.2, 0.25) is 17.0 Å². The topological polar surface area (TPSA) is 117 Å². The minimum atomic E-state index is -0.130. The molecule has 1 aromatic carbocycles. The first kappa shape index (κ1) is 19.5. The van der Waals surface area contributed by atoms with Crippen LogP contribution in [0.5, 0.6) is 5.75 Å². The van der Waals surface area contributed by atoms with Crippen LogP contribution in [0.25, 0.3) is 0 Å². The Balaban J connectivity index is 1.46. The number of thioether (sulfide) groups is 1. The highest BCUT2D eigenvalue weighted by Gasteiger charge is 2.08. The van der Waals surface area contributed by atoms with Crippen molar-refractivity contribution in [3.8, 4) is 5.75 Å². The van der Waals surface area contributed by atoms with Crippen molar-refractivity contribution in [2.75, 3.05) is 18.3 Å². The Hall–Kier alpha value is -3.27. The van der Waals surface area contributed by atoms with Crippen molar-refractivity contribution in [1.29, 1.82) is 0 Å². The van der Waals surface area contributed by atoms with Gasteiger partial charge in [-0.3, -0.25) is 4.79 Å². The molecule has 0 fully saturated rings. The average molecular weight is 400 g/mol. The van der Waals surface area contributed by atoms with E-state index in [0.717, 1.165) is 17.0 Å². The fraction of sp³-hybridized carbons (Fsp3) is 0.222. The molecular weight excluding hydrogens is 380 g/mol. The van der Waals surface area contributed by atoms with Gasteiger partial charge in [0.1, 0.15) is 11.5 Å². The summed E-state index contributed by atoms with van der Waals surface area (Å²) in [6.07, 6.45) is 1.57. The highest BCUT2D eigenvalue weighted by Crippen LogP contribution is 2.15. The van der Waals surface area contributed by atoms with Gasteiger partial charge >= 0.3 is 0 Å². The van der Waals surface area contributed by atoms with Crippen LogP contribution in [0.15, 0.2) is 57.3 Å². The molecule has 0 bridgehead atoms. The zero-order valence-electron chi connectivity index (χ0n) is 15.4. The number of hydrogen-bond donors (Lipinski definition) is 3. The van der Waals surface area contributed by atoms with Crippen molar-refractivity contribution in [3.05, 3.63) is 54.0 Å². The largest absolute Gasteiger partial charge is 0.497 e. The number of methoxy groups -OCH3 is 1. The molecule has 0 saturated carbocycles. The predicted molar refractivity (Wildman–Crippen MR) is 106 cm³/mol.